The van der Waals surface area contributed by atoms with Gasteiger partial charge in [-0.05, 0) is 202 Å². The predicted molar refractivity (Wildman–Crippen MR) is 284 cm³/mol. The zero-order valence-corrected chi connectivity index (χ0v) is 38.2. The van der Waals surface area contributed by atoms with Crippen molar-refractivity contribution < 1.29 is 0 Å². The lowest BCUT2D eigenvalue weighted by Gasteiger charge is -2.31. The largest absolute Gasteiger partial charge is 0.310 e. The maximum atomic E-state index is 2.53. The molecule has 0 fully saturated rings. The van der Waals surface area contributed by atoms with Crippen molar-refractivity contribution in [2.75, 3.05) is 9.80 Å². The third-order valence-corrected chi connectivity index (χ3v) is 14.6. The molecule has 318 valence electrons. The Kier molecular flexibility index (Phi) is 8.73. The van der Waals surface area contributed by atoms with Gasteiger partial charge in [-0.25, -0.2) is 0 Å². The van der Waals surface area contributed by atoms with Crippen molar-refractivity contribution in [3.63, 3.8) is 0 Å². The summed E-state index contributed by atoms with van der Waals surface area (Å²) in [4.78, 5) is 4.78. The van der Waals surface area contributed by atoms with Crippen molar-refractivity contribution in [3.05, 3.63) is 263 Å². The minimum Gasteiger partial charge on any atom is -0.310 e. The standard InChI is InChI=1S/C65H48N2/c1-41-13-24-50(25-14-41)66(51-26-15-42(2)16-27-51)54-32-21-46-37-58-59-38-47-22-33-55(67(52-28-17-43(3)18-29-52)53-30-19-44(4)20-31-53)36-49(47)40-63(59)65(62(58)39-48(46)35-54)60-12-8-7-11-57(60)64-56-10-6-5-9-45(56)23-34-61(64)65/h5-40H,1-4H3. The molecule has 11 aromatic carbocycles. The van der Waals surface area contributed by atoms with E-state index >= 15 is 0 Å². The summed E-state index contributed by atoms with van der Waals surface area (Å²) < 4.78 is 0. The highest BCUT2D eigenvalue weighted by atomic mass is 15.1. The van der Waals surface area contributed by atoms with Crippen molar-refractivity contribution in [1.29, 1.82) is 0 Å². The summed E-state index contributed by atoms with van der Waals surface area (Å²) in [5.74, 6) is 0. The summed E-state index contributed by atoms with van der Waals surface area (Å²) in [5, 5.41) is 7.45. The van der Waals surface area contributed by atoms with E-state index < -0.39 is 5.41 Å². The van der Waals surface area contributed by atoms with Crippen LogP contribution in [0.4, 0.5) is 34.1 Å². The van der Waals surface area contributed by atoms with Gasteiger partial charge in [-0.2, -0.15) is 0 Å². The first-order valence-electron chi connectivity index (χ1n) is 23.5. The van der Waals surface area contributed by atoms with Crippen molar-refractivity contribution in [2.24, 2.45) is 0 Å². The van der Waals surface area contributed by atoms with E-state index in [9.17, 15) is 0 Å². The highest BCUT2D eigenvalue weighted by Crippen LogP contribution is 2.65. The molecule has 0 saturated carbocycles. The molecule has 0 N–H and O–H groups in total. The summed E-state index contributed by atoms with van der Waals surface area (Å²) in [5.41, 5.74) is 21.9. The van der Waals surface area contributed by atoms with Gasteiger partial charge in [0.05, 0.1) is 5.41 Å². The Hall–Kier alpha value is -8.20. The Morgan fingerprint density at radius 2 is 0.672 bits per heavy atom. The fourth-order valence-electron chi connectivity index (χ4n) is 11.4. The molecule has 0 unspecified atom stereocenters. The molecule has 0 heterocycles. The zero-order chi connectivity index (χ0) is 45.0. The molecule has 2 nitrogen and oxygen atoms in total. The van der Waals surface area contributed by atoms with Crippen molar-refractivity contribution in [3.8, 4) is 22.3 Å². The second-order valence-electron chi connectivity index (χ2n) is 18.9. The van der Waals surface area contributed by atoms with Crippen LogP contribution in [-0.4, -0.2) is 0 Å². The molecule has 0 saturated heterocycles. The molecule has 0 atom stereocenters. The first kappa shape index (κ1) is 39.2. The van der Waals surface area contributed by atoms with Gasteiger partial charge in [0.15, 0.2) is 0 Å². The van der Waals surface area contributed by atoms with Crippen molar-refractivity contribution >= 4 is 66.4 Å². The summed E-state index contributed by atoms with van der Waals surface area (Å²) in [7, 11) is 0. The topological polar surface area (TPSA) is 6.48 Å². The lowest BCUT2D eigenvalue weighted by atomic mass is 9.70. The summed E-state index contributed by atoms with van der Waals surface area (Å²) in [6, 6.07) is 82.5. The number of aryl methyl sites for hydroxylation is 4. The van der Waals surface area contributed by atoms with Gasteiger partial charge in [-0.3, -0.25) is 0 Å². The van der Waals surface area contributed by atoms with Gasteiger partial charge in [-0.1, -0.05) is 144 Å². The van der Waals surface area contributed by atoms with Gasteiger partial charge in [0.2, 0.25) is 0 Å². The molecule has 1 spiro atoms. The van der Waals surface area contributed by atoms with Gasteiger partial charge in [-0.15, -0.1) is 0 Å². The van der Waals surface area contributed by atoms with Crippen molar-refractivity contribution in [1.82, 2.24) is 0 Å². The molecule has 0 radical (unpaired) electrons. The van der Waals surface area contributed by atoms with Gasteiger partial charge in [0, 0.05) is 34.1 Å². The van der Waals surface area contributed by atoms with Crippen LogP contribution in [0, 0.1) is 27.7 Å². The van der Waals surface area contributed by atoms with Crippen LogP contribution in [0.2, 0.25) is 0 Å². The highest BCUT2D eigenvalue weighted by molar-refractivity contribution is 6.09. The van der Waals surface area contributed by atoms with Crippen LogP contribution in [0.25, 0.3) is 54.6 Å². The van der Waals surface area contributed by atoms with E-state index in [1.807, 2.05) is 0 Å². The third-order valence-electron chi connectivity index (χ3n) is 14.6. The first-order chi connectivity index (χ1) is 32.8. The molecule has 0 aliphatic heterocycles. The Balaban J connectivity index is 1.07. The molecule has 2 aliphatic carbocycles. The molecule has 11 aromatic rings. The predicted octanol–water partition coefficient (Wildman–Crippen LogP) is 17.7. The number of benzene rings is 11. The van der Waals surface area contributed by atoms with Crippen LogP contribution in [0.15, 0.2) is 218 Å². The Labute approximate surface area is 392 Å². The Morgan fingerprint density at radius 1 is 0.269 bits per heavy atom. The lowest BCUT2D eigenvalue weighted by Crippen LogP contribution is -2.26. The fourth-order valence-corrected chi connectivity index (χ4v) is 11.4. The zero-order valence-electron chi connectivity index (χ0n) is 38.2. The lowest BCUT2D eigenvalue weighted by molar-refractivity contribution is 0.797. The van der Waals surface area contributed by atoms with Crippen LogP contribution in [0.3, 0.4) is 0 Å². The van der Waals surface area contributed by atoms with Gasteiger partial charge < -0.3 is 9.80 Å². The van der Waals surface area contributed by atoms with E-state index in [-0.39, 0.29) is 0 Å². The van der Waals surface area contributed by atoms with E-state index in [1.165, 1.54) is 99.1 Å². The summed E-state index contributed by atoms with van der Waals surface area (Å²) in [6.45, 7) is 8.61. The SMILES string of the molecule is Cc1ccc(N(c2ccc(C)cc2)c2ccc3cc4c(cc3c2)C2(c3cc5cc(N(c6ccc(C)cc6)c6ccc(C)cc6)ccc5cc3-4)c3ccccc3-c3c2ccc2ccccc32)cc1. The van der Waals surface area contributed by atoms with Gasteiger partial charge >= 0.3 is 0 Å². The van der Waals surface area contributed by atoms with Crippen LogP contribution in [0.5, 0.6) is 0 Å². The summed E-state index contributed by atoms with van der Waals surface area (Å²) in [6.07, 6.45) is 0. The average molecular weight is 857 g/mol. The minimum absolute atomic E-state index is 0.545. The Bertz CT molecular complexity index is 3490. The maximum Gasteiger partial charge on any atom is 0.0726 e. The third kappa shape index (κ3) is 6.03. The quantitative estimate of drug-likeness (QED) is 0.164. The van der Waals surface area contributed by atoms with Crippen LogP contribution in [0.1, 0.15) is 44.5 Å². The second-order valence-corrected chi connectivity index (χ2v) is 18.9. The summed E-state index contributed by atoms with van der Waals surface area (Å²) >= 11 is 0. The van der Waals surface area contributed by atoms with E-state index in [0.717, 1.165) is 34.1 Å². The van der Waals surface area contributed by atoms with Crippen molar-refractivity contribution in [2.45, 2.75) is 33.1 Å². The molecule has 0 amide bonds. The first-order valence-corrected chi connectivity index (χ1v) is 23.5. The van der Waals surface area contributed by atoms with E-state index in [4.69, 9.17) is 0 Å². The normalized spacial score (nSPS) is 12.9. The monoisotopic (exact) mass is 856 g/mol. The number of nitrogens with zero attached hydrogens (tertiary/aromatic N) is 2. The average Bonchev–Trinajstić information content (AvgIpc) is 3.81. The molecule has 0 aromatic heterocycles. The molecular weight excluding hydrogens is 809 g/mol. The molecule has 67 heavy (non-hydrogen) atoms. The van der Waals surface area contributed by atoms with Gasteiger partial charge in [0.1, 0.15) is 0 Å². The van der Waals surface area contributed by atoms with Crippen LogP contribution in [-0.2, 0) is 5.41 Å². The number of hydrogen-bond donors (Lipinski definition) is 0. The van der Waals surface area contributed by atoms with Crippen LogP contribution >= 0.6 is 0 Å². The fraction of sp³-hybridized carbons (Fsp3) is 0.0769. The smallest absolute Gasteiger partial charge is 0.0726 e. The molecule has 2 heteroatoms. The molecule has 13 rings (SSSR count). The number of hydrogen-bond acceptors (Lipinski definition) is 2. The minimum atomic E-state index is -0.545. The molecular formula is C65H48N2. The van der Waals surface area contributed by atoms with E-state index in [1.54, 1.807) is 0 Å². The molecule has 2 aliphatic rings. The van der Waals surface area contributed by atoms with E-state index in [2.05, 4.69) is 256 Å². The Morgan fingerprint density at radius 3 is 1.15 bits per heavy atom. The second kappa shape index (κ2) is 14.9. The maximum absolute atomic E-state index is 2.53. The molecule has 0 bridgehead atoms. The van der Waals surface area contributed by atoms with E-state index in [0.29, 0.717) is 0 Å². The van der Waals surface area contributed by atoms with Gasteiger partial charge in [0.25, 0.3) is 0 Å². The number of fused-ring (bicyclic) bond motifs is 14. The highest BCUT2D eigenvalue weighted by Gasteiger charge is 2.52. The van der Waals surface area contributed by atoms with Crippen LogP contribution < -0.4 is 9.80 Å². The number of anilines is 6. The number of rotatable bonds is 6.